The summed E-state index contributed by atoms with van der Waals surface area (Å²) < 4.78 is 36.7. The van der Waals surface area contributed by atoms with E-state index in [1.54, 1.807) is 0 Å². The fraction of sp³-hybridized carbons (Fsp3) is 0.696. The smallest absolute Gasteiger partial charge is 0.192 e. The molecule has 164 valence electrons. The van der Waals surface area contributed by atoms with Crippen LogP contribution in [0.4, 0.5) is 4.39 Å². The molecule has 1 fully saturated rings. The fourth-order valence-corrected chi connectivity index (χ4v) is 5.44. The van der Waals surface area contributed by atoms with Gasteiger partial charge in [-0.25, -0.2) is 8.60 Å². The summed E-state index contributed by atoms with van der Waals surface area (Å²) in [4.78, 5) is 0. The Balaban J connectivity index is 2.25. The van der Waals surface area contributed by atoms with Crippen LogP contribution in [0.1, 0.15) is 72.8 Å². The molecule has 0 bridgehead atoms. The van der Waals surface area contributed by atoms with Gasteiger partial charge in [-0.15, -0.1) is 0 Å². The maximum atomic E-state index is 13.5. The number of hydrogen-bond acceptors (Lipinski definition) is 2. The van der Waals surface area contributed by atoms with Crippen LogP contribution < -0.4 is 0 Å². The van der Waals surface area contributed by atoms with E-state index < -0.39 is 24.1 Å². The summed E-state index contributed by atoms with van der Waals surface area (Å²) >= 11 is 0. The standard InChI is InChI=1S/C23H38FNO2SSi/c1-21(2,3)28(26)25-17-23(18-9-11-19(24)12-10-18)15-13-20(14-16-23)27-29(7,8)22(4,5)6/h9-12,17,20H,13-16H2,1-8H3/b25-17+. The molecule has 1 unspecified atom stereocenters. The first-order valence-corrected chi connectivity index (χ1v) is 14.6. The maximum absolute atomic E-state index is 13.5. The van der Waals surface area contributed by atoms with E-state index in [0.717, 1.165) is 31.2 Å². The average Bonchev–Trinajstić information content (AvgIpc) is 2.59. The predicted molar refractivity (Wildman–Crippen MR) is 125 cm³/mol. The molecule has 0 spiro atoms. The quantitative estimate of drug-likeness (QED) is 0.385. The third kappa shape index (κ3) is 6.08. The van der Waals surface area contributed by atoms with E-state index in [1.807, 2.05) is 39.1 Å². The number of benzene rings is 1. The van der Waals surface area contributed by atoms with Gasteiger partial charge >= 0.3 is 0 Å². The lowest BCUT2D eigenvalue weighted by Crippen LogP contribution is -2.46. The molecule has 3 nitrogen and oxygen atoms in total. The van der Waals surface area contributed by atoms with Crippen molar-refractivity contribution >= 4 is 25.5 Å². The van der Waals surface area contributed by atoms with Crippen LogP contribution in [-0.2, 0) is 20.8 Å². The van der Waals surface area contributed by atoms with E-state index in [4.69, 9.17) is 4.43 Å². The van der Waals surface area contributed by atoms with Crippen LogP contribution in [0.25, 0.3) is 0 Å². The zero-order valence-electron chi connectivity index (χ0n) is 19.3. The van der Waals surface area contributed by atoms with Gasteiger partial charge in [0.25, 0.3) is 0 Å². The topological polar surface area (TPSA) is 38.7 Å². The van der Waals surface area contributed by atoms with Crippen molar-refractivity contribution in [2.45, 2.75) is 102 Å². The van der Waals surface area contributed by atoms with Gasteiger partial charge in [0.2, 0.25) is 0 Å². The van der Waals surface area contributed by atoms with E-state index in [0.29, 0.717) is 0 Å². The Bertz CT molecular complexity index is 740. The van der Waals surface area contributed by atoms with Gasteiger partial charge in [-0.2, -0.15) is 4.40 Å². The van der Waals surface area contributed by atoms with Gasteiger partial charge in [-0.3, -0.25) is 0 Å². The molecule has 0 radical (unpaired) electrons. The molecule has 1 aliphatic rings. The van der Waals surface area contributed by atoms with Gasteiger partial charge in [0, 0.05) is 17.7 Å². The molecule has 2 rings (SSSR count). The zero-order chi connectivity index (χ0) is 22.1. The van der Waals surface area contributed by atoms with Gasteiger partial charge in [0.05, 0.1) is 4.75 Å². The summed E-state index contributed by atoms with van der Waals surface area (Å²) in [6.07, 6.45) is 5.71. The third-order valence-corrected chi connectivity index (χ3v) is 12.3. The normalized spacial score (nSPS) is 25.3. The Labute approximate surface area is 180 Å². The first-order chi connectivity index (χ1) is 13.2. The second kappa shape index (κ2) is 8.72. The molecule has 6 heteroatoms. The number of hydrogen-bond donors (Lipinski definition) is 0. The zero-order valence-corrected chi connectivity index (χ0v) is 21.2. The third-order valence-electron chi connectivity index (χ3n) is 6.43. The Hall–Kier alpha value is -0.853. The Kier molecular flexibility index (Phi) is 7.34. The molecule has 1 aromatic carbocycles. The molecular weight excluding hydrogens is 401 g/mol. The van der Waals surface area contributed by atoms with E-state index in [-0.39, 0.29) is 22.4 Å². The van der Waals surface area contributed by atoms with Crippen LogP contribution in [0, 0.1) is 5.82 Å². The first-order valence-electron chi connectivity index (χ1n) is 10.6. The van der Waals surface area contributed by atoms with Crippen molar-refractivity contribution in [3.05, 3.63) is 35.6 Å². The monoisotopic (exact) mass is 439 g/mol. The lowest BCUT2D eigenvalue weighted by molar-refractivity contribution is 0.121. The molecule has 0 amide bonds. The fourth-order valence-electron chi connectivity index (χ4n) is 3.40. The number of rotatable bonds is 5. The lowest BCUT2D eigenvalue weighted by Gasteiger charge is -2.44. The van der Waals surface area contributed by atoms with Crippen LogP contribution in [0.5, 0.6) is 0 Å². The van der Waals surface area contributed by atoms with Crippen LogP contribution in [0.3, 0.4) is 0 Å². The van der Waals surface area contributed by atoms with Crippen LogP contribution in [0.15, 0.2) is 28.7 Å². The molecule has 1 aliphatic carbocycles. The molecule has 0 heterocycles. The van der Waals surface area contributed by atoms with Crippen molar-refractivity contribution in [3.63, 3.8) is 0 Å². The molecule has 0 aliphatic heterocycles. The van der Waals surface area contributed by atoms with Crippen molar-refractivity contribution in [1.29, 1.82) is 0 Å². The second-order valence-electron chi connectivity index (χ2n) is 10.8. The number of nitrogens with zero attached hydrogens (tertiary/aromatic N) is 1. The van der Waals surface area contributed by atoms with E-state index in [1.165, 1.54) is 12.1 Å². The van der Waals surface area contributed by atoms with Gasteiger partial charge < -0.3 is 4.43 Å². The van der Waals surface area contributed by atoms with Crippen LogP contribution in [-0.4, -0.2) is 29.6 Å². The minimum absolute atomic E-state index is 0.184. The summed E-state index contributed by atoms with van der Waals surface area (Å²) in [7, 11) is -3.13. The highest BCUT2D eigenvalue weighted by molar-refractivity contribution is 7.85. The SMILES string of the molecule is CC(C)(C)S(=O)/N=C/C1(c2ccc(F)cc2)CCC(O[Si](C)(C)C(C)(C)C)CC1. The highest BCUT2D eigenvalue weighted by Gasteiger charge is 2.42. The number of halogens is 1. The van der Waals surface area contributed by atoms with Crippen LogP contribution >= 0.6 is 0 Å². The van der Waals surface area contributed by atoms with Crippen LogP contribution in [0.2, 0.25) is 18.1 Å². The molecule has 1 atom stereocenters. The largest absolute Gasteiger partial charge is 0.414 e. The summed E-state index contributed by atoms with van der Waals surface area (Å²) in [6.45, 7) is 17.2. The summed E-state index contributed by atoms with van der Waals surface area (Å²) in [5.74, 6) is -0.242. The summed E-state index contributed by atoms with van der Waals surface area (Å²) in [5, 5.41) is 0.184. The maximum Gasteiger partial charge on any atom is 0.192 e. The van der Waals surface area contributed by atoms with Gasteiger partial charge in [-0.05, 0) is 82.3 Å². The molecule has 0 saturated heterocycles. The van der Waals surface area contributed by atoms with Crippen molar-refractivity contribution in [2.24, 2.45) is 4.40 Å². The minimum Gasteiger partial charge on any atom is -0.414 e. The van der Waals surface area contributed by atoms with Crippen molar-refractivity contribution in [2.75, 3.05) is 0 Å². The Morgan fingerprint density at radius 2 is 1.62 bits per heavy atom. The van der Waals surface area contributed by atoms with E-state index in [9.17, 15) is 8.60 Å². The Morgan fingerprint density at radius 3 is 2.07 bits per heavy atom. The molecule has 1 aromatic rings. The molecule has 1 saturated carbocycles. The first kappa shape index (κ1) is 24.4. The van der Waals surface area contributed by atoms with Gasteiger partial charge in [-0.1, -0.05) is 32.9 Å². The molecule has 0 N–H and O–H groups in total. The van der Waals surface area contributed by atoms with E-state index in [2.05, 4.69) is 38.3 Å². The Morgan fingerprint density at radius 1 is 1.10 bits per heavy atom. The average molecular weight is 440 g/mol. The van der Waals surface area contributed by atoms with Gasteiger partial charge in [0.1, 0.15) is 16.8 Å². The van der Waals surface area contributed by atoms with E-state index >= 15 is 0 Å². The second-order valence-corrected chi connectivity index (χ2v) is 17.5. The predicted octanol–water partition coefficient (Wildman–Crippen LogP) is 6.56. The lowest BCUT2D eigenvalue weighted by atomic mass is 9.69. The summed E-state index contributed by atoms with van der Waals surface area (Å²) in [5.41, 5.74) is 0.723. The van der Waals surface area contributed by atoms with Crippen molar-refractivity contribution in [3.8, 4) is 0 Å². The highest BCUT2D eigenvalue weighted by atomic mass is 32.2. The van der Waals surface area contributed by atoms with Gasteiger partial charge in [0.15, 0.2) is 8.32 Å². The van der Waals surface area contributed by atoms with Crippen molar-refractivity contribution < 1.29 is 13.0 Å². The minimum atomic E-state index is -1.82. The highest BCUT2D eigenvalue weighted by Crippen LogP contribution is 2.43. The van der Waals surface area contributed by atoms with Crippen molar-refractivity contribution in [1.82, 2.24) is 0 Å². The molecule has 0 aromatic heterocycles. The summed E-state index contributed by atoms with van der Waals surface area (Å²) in [6, 6.07) is 6.69. The molecular formula is C23H38FNO2SSi. The molecule has 29 heavy (non-hydrogen) atoms.